The number of nitriles is 1. The van der Waals surface area contributed by atoms with E-state index in [1.165, 1.54) is 0 Å². The highest BCUT2D eigenvalue weighted by atomic mass is 15.1. The maximum Gasteiger partial charge on any atom is 0.0717 e. The summed E-state index contributed by atoms with van der Waals surface area (Å²) in [6.45, 7) is 14.5. The first-order valence-corrected chi connectivity index (χ1v) is 6.05. The summed E-state index contributed by atoms with van der Waals surface area (Å²) in [5, 5.41) is 9.10. The van der Waals surface area contributed by atoms with Crippen LogP contribution in [-0.4, -0.2) is 49.1 Å². The van der Waals surface area contributed by atoms with E-state index in [2.05, 4.69) is 43.6 Å². The Balaban J connectivity index is 4.07. The van der Waals surface area contributed by atoms with E-state index >= 15 is 0 Å². The monoisotopic (exact) mass is 211 g/mol. The lowest BCUT2D eigenvalue weighted by Crippen LogP contribution is -2.36. The molecule has 88 valence electrons. The molecule has 0 aliphatic heterocycles. The van der Waals surface area contributed by atoms with Crippen LogP contribution in [0.25, 0.3) is 0 Å². The lowest BCUT2D eigenvalue weighted by Gasteiger charge is -2.25. The Morgan fingerprint density at radius 2 is 1.20 bits per heavy atom. The maximum absolute atomic E-state index is 9.10. The van der Waals surface area contributed by atoms with Gasteiger partial charge in [-0.05, 0) is 26.2 Å². The lowest BCUT2D eigenvalue weighted by molar-refractivity contribution is 0.219. The van der Waals surface area contributed by atoms with Gasteiger partial charge in [0, 0.05) is 13.1 Å². The standard InChI is InChI=1S/C12H25N3/c1-5-14(6-2)10-12(9-13)11-15(7-3)8-4/h12H,5-8,10-11H2,1-4H3. The highest BCUT2D eigenvalue weighted by molar-refractivity contribution is 4.87. The first-order chi connectivity index (χ1) is 7.21. The maximum atomic E-state index is 9.10. The molecule has 3 heteroatoms. The molecule has 0 heterocycles. The van der Waals surface area contributed by atoms with Gasteiger partial charge in [0.25, 0.3) is 0 Å². The van der Waals surface area contributed by atoms with E-state index < -0.39 is 0 Å². The summed E-state index contributed by atoms with van der Waals surface area (Å²) in [7, 11) is 0. The third-order valence-corrected chi connectivity index (χ3v) is 2.93. The van der Waals surface area contributed by atoms with Crippen LogP contribution in [0.3, 0.4) is 0 Å². The second kappa shape index (κ2) is 8.70. The van der Waals surface area contributed by atoms with E-state index in [4.69, 9.17) is 5.26 Å². The summed E-state index contributed by atoms with van der Waals surface area (Å²) in [6, 6.07) is 2.42. The van der Waals surface area contributed by atoms with Gasteiger partial charge < -0.3 is 9.80 Å². The predicted molar refractivity (Wildman–Crippen MR) is 64.7 cm³/mol. The highest BCUT2D eigenvalue weighted by Gasteiger charge is 2.14. The Bertz CT molecular complexity index is 164. The van der Waals surface area contributed by atoms with E-state index in [1.54, 1.807) is 0 Å². The third kappa shape index (κ3) is 5.76. The zero-order valence-corrected chi connectivity index (χ0v) is 10.7. The largest absolute Gasteiger partial charge is 0.303 e. The normalized spacial score (nSPS) is 11.3. The van der Waals surface area contributed by atoms with Crippen LogP contribution < -0.4 is 0 Å². The molecule has 0 rings (SSSR count). The fourth-order valence-electron chi connectivity index (χ4n) is 1.73. The minimum atomic E-state index is 0.143. The Kier molecular flexibility index (Phi) is 8.35. The molecule has 0 unspecified atom stereocenters. The van der Waals surface area contributed by atoms with Crippen LogP contribution in [0.2, 0.25) is 0 Å². The molecule has 0 aromatic carbocycles. The van der Waals surface area contributed by atoms with Crippen molar-refractivity contribution in [3.8, 4) is 6.07 Å². The molecule has 0 atom stereocenters. The van der Waals surface area contributed by atoms with Gasteiger partial charge in [-0.1, -0.05) is 27.7 Å². The molecule has 0 aliphatic carbocycles. The molecule has 0 spiro atoms. The zero-order valence-electron chi connectivity index (χ0n) is 10.7. The summed E-state index contributed by atoms with van der Waals surface area (Å²) < 4.78 is 0. The Labute approximate surface area is 94.7 Å². The Morgan fingerprint density at radius 1 is 0.867 bits per heavy atom. The first kappa shape index (κ1) is 14.4. The van der Waals surface area contributed by atoms with Crippen molar-refractivity contribution in [3.05, 3.63) is 0 Å². The molecule has 0 amide bonds. The number of nitrogens with zero attached hydrogens (tertiary/aromatic N) is 3. The molecule has 0 aromatic heterocycles. The summed E-state index contributed by atoms with van der Waals surface area (Å²) in [6.07, 6.45) is 0. The first-order valence-electron chi connectivity index (χ1n) is 6.05. The van der Waals surface area contributed by atoms with Gasteiger partial charge in [0.05, 0.1) is 12.0 Å². The second-order valence-corrected chi connectivity index (χ2v) is 3.80. The number of hydrogen-bond donors (Lipinski definition) is 0. The van der Waals surface area contributed by atoms with Crippen LogP contribution in [0.5, 0.6) is 0 Å². The molecular formula is C12H25N3. The fraction of sp³-hybridized carbons (Fsp3) is 0.917. The number of rotatable bonds is 8. The molecule has 0 aliphatic rings. The summed E-state index contributed by atoms with van der Waals surface area (Å²) in [5.41, 5.74) is 0. The second-order valence-electron chi connectivity index (χ2n) is 3.80. The van der Waals surface area contributed by atoms with E-state index in [1.807, 2.05) is 0 Å². The van der Waals surface area contributed by atoms with E-state index in [-0.39, 0.29) is 5.92 Å². The van der Waals surface area contributed by atoms with Crippen LogP contribution in [0.4, 0.5) is 0 Å². The minimum Gasteiger partial charge on any atom is -0.303 e. The molecule has 0 aromatic rings. The zero-order chi connectivity index (χ0) is 11.7. The van der Waals surface area contributed by atoms with Gasteiger partial charge in [-0.25, -0.2) is 0 Å². The minimum absolute atomic E-state index is 0.143. The molecule has 0 saturated carbocycles. The van der Waals surface area contributed by atoms with E-state index in [9.17, 15) is 0 Å². The van der Waals surface area contributed by atoms with Crippen LogP contribution in [0.15, 0.2) is 0 Å². The molecule has 0 radical (unpaired) electrons. The Hall–Kier alpha value is -0.590. The van der Waals surface area contributed by atoms with Crippen molar-refractivity contribution in [2.24, 2.45) is 5.92 Å². The summed E-state index contributed by atoms with van der Waals surface area (Å²) in [5.74, 6) is 0.143. The quantitative estimate of drug-likeness (QED) is 0.613. The van der Waals surface area contributed by atoms with Crippen molar-refractivity contribution < 1.29 is 0 Å². The molecule has 15 heavy (non-hydrogen) atoms. The van der Waals surface area contributed by atoms with Gasteiger partial charge in [0.15, 0.2) is 0 Å². The fourth-order valence-corrected chi connectivity index (χ4v) is 1.73. The molecular weight excluding hydrogens is 186 g/mol. The van der Waals surface area contributed by atoms with Gasteiger partial charge in [-0.15, -0.1) is 0 Å². The Morgan fingerprint density at radius 3 is 1.40 bits per heavy atom. The molecule has 0 bridgehead atoms. The van der Waals surface area contributed by atoms with Gasteiger partial charge in [-0.3, -0.25) is 0 Å². The van der Waals surface area contributed by atoms with Crippen molar-refractivity contribution in [1.29, 1.82) is 5.26 Å². The molecule has 0 N–H and O–H groups in total. The van der Waals surface area contributed by atoms with Gasteiger partial charge in [0.1, 0.15) is 0 Å². The third-order valence-electron chi connectivity index (χ3n) is 2.93. The molecule has 0 fully saturated rings. The van der Waals surface area contributed by atoms with E-state index in [0.29, 0.717) is 0 Å². The van der Waals surface area contributed by atoms with Crippen molar-refractivity contribution >= 4 is 0 Å². The lowest BCUT2D eigenvalue weighted by atomic mass is 10.1. The topological polar surface area (TPSA) is 30.3 Å². The smallest absolute Gasteiger partial charge is 0.0717 e. The predicted octanol–water partition coefficient (Wildman–Crippen LogP) is 1.81. The van der Waals surface area contributed by atoms with Crippen molar-refractivity contribution in [1.82, 2.24) is 9.80 Å². The van der Waals surface area contributed by atoms with Gasteiger partial charge in [-0.2, -0.15) is 5.26 Å². The van der Waals surface area contributed by atoms with E-state index in [0.717, 1.165) is 39.3 Å². The number of hydrogen-bond acceptors (Lipinski definition) is 3. The van der Waals surface area contributed by atoms with Crippen molar-refractivity contribution in [3.63, 3.8) is 0 Å². The van der Waals surface area contributed by atoms with Crippen LogP contribution in [0.1, 0.15) is 27.7 Å². The molecule has 0 saturated heterocycles. The van der Waals surface area contributed by atoms with Gasteiger partial charge >= 0.3 is 0 Å². The highest BCUT2D eigenvalue weighted by Crippen LogP contribution is 2.03. The average molecular weight is 211 g/mol. The van der Waals surface area contributed by atoms with Gasteiger partial charge in [0.2, 0.25) is 0 Å². The van der Waals surface area contributed by atoms with Crippen molar-refractivity contribution in [2.45, 2.75) is 27.7 Å². The summed E-state index contributed by atoms with van der Waals surface area (Å²) >= 11 is 0. The SMILES string of the molecule is CCN(CC)CC(C#N)CN(CC)CC. The van der Waals surface area contributed by atoms with Crippen molar-refractivity contribution in [2.75, 3.05) is 39.3 Å². The van der Waals surface area contributed by atoms with Crippen LogP contribution >= 0.6 is 0 Å². The average Bonchev–Trinajstić information content (AvgIpc) is 2.30. The summed E-state index contributed by atoms with van der Waals surface area (Å²) in [4.78, 5) is 4.63. The van der Waals surface area contributed by atoms with Crippen LogP contribution in [0, 0.1) is 17.2 Å². The molecule has 3 nitrogen and oxygen atoms in total. The van der Waals surface area contributed by atoms with Crippen LogP contribution in [-0.2, 0) is 0 Å².